The lowest BCUT2D eigenvalue weighted by atomic mass is 9.88. The van der Waals surface area contributed by atoms with Gasteiger partial charge in [-0.25, -0.2) is 13.2 Å². The van der Waals surface area contributed by atoms with Gasteiger partial charge >= 0.3 is 0 Å². The highest BCUT2D eigenvalue weighted by atomic mass is 32.2. The Morgan fingerprint density at radius 1 is 1.14 bits per heavy atom. The molecule has 3 saturated heterocycles. The summed E-state index contributed by atoms with van der Waals surface area (Å²) in [6.07, 6.45) is 1.71. The van der Waals surface area contributed by atoms with E-state index in [4.69, 9.17) is 0 Å². The molecular weight excluding hydrogens is 405 g/mol. The van der Waals surface area contributed by atoms with Crippen molar-refractivity contribution in [2.24, 2.45) is 5.92 Å². The van der Waals surface area contributed by atoms with Gasteiger partial charge in [-0.15, -0.1) is 11.8 Å². The summed E-state index contributed by atoms with van der Waals surface area (Å²) >= 11 is 1.62. The molecule has 1 aromatic rings. The zero-order chi connectivity index (χ0) is 20.9. The molecule has 3 heterocycles. The summed E-state index contributed by atoms with van der Waals surface area (Å²) in [7, 11) is 0. The summed E-state index contributed by atoms with van der Waals surface area (Å²) in [4.78, 5) is 40.8. The first-order valence-corrected chi connectivity index (χ1v) is 10.6. The molecule has 0 N–H and O–H groups in total. The number of hydrogen-bond donors (Lipinski definition) is 0. The molecule has 3 aliphatic rings. The molecule has 3 fully saturated rings. The second kappa shape index (κ2) is 7.34. The Hall–Kier alpha value is -2.03. The minimum Gasteiger partial charge on any atom is -0.341 e. The van der Waals surface area contributed by atoms with Gasteiger partial charge in [-0.2, -0.15) is 0 Å². The first-order valence-electron chi connectivity index (χ1n) is 9.65. The van der Waals surface area contributed by atoms with Crippen LogP contribution in [0.25, 0.3) is 0 Å². The Labute approximate surface area is 170 Å². The summed E-state index contributed by atoms with van der Waals surface area (Å²) in [5.41, 5.74) is -0.721. The van der Waals surface area contributed by atoms with Crippen LogP contribution in [-0.2, 0) is 9.59 Å². The van der Waals surface area contributed by atoms with Crippen molar-refractivity contribution in [3.8, 4) is 0 Å². The van der Waals surface area contributed by atoms with Crippen molar-refractivity contribution in [1.29, 1.82) is 0 Å². The maximum absolute atomic E-state index is 13.9. The van der Waals surface area contributed by atoms with Crippen LogP contribution in [-0.4, -0.2) is 57.2 Å². The number of piperidine rings is 1. The molecule has 2 unspecified atom stereocenters. The quantitative estimate of drug-likeness (QED) is 0.698. The van der Waals surface area contributed by atoms with Crippen molar-refractivity contribution in [2.45, 2.75) is 43.5 Å². The number of carbonyl (C=O) groups is 3. The van der Waals surface area contributed by atoms with Crippen LogP contribution in [0.2, 0.25) is 0 Å². The van der Waals surface area contributed by atoms with Gasteiger partial charge in [0, 0.05) is 43.3 Å². The number of nitrogens with zero attached hydrogens (tertiary/aromatic N) is 2. The number of Topliss-reactive ketones (excluding diaryl/α,β-unsaturated/α-hetero) is 1. The third kappa shape index (κ3) is 3.43. The van der Waals surface area contributed by atoms with Crippen molar-refractivity contribution in [3.05, 3.63) is 35.1 Å². The Morgan fingerprint density at radius 2 is 1.76 bits per heavy atom. The first-order chi connectivity index (χ1) is 13.7. The highest BCUT2D eigenvalue weighted by Gasteiger charge is 2.53. The molecule has 9 heteroatoms. The standard InChI is InChI=1S/C20H21F3N2O3S/c1-20-5-2-16(26)25(20)15(10-29-20)19(28)24-6-3-11(4-7-24)18(27)17-13(22)8-12(21)9-14(17)23/h8-9,11,15H,2-7,10H2,1H3. The molecule has 0 saturated carbocycles. The average molecular weight is 426 g/mol. The fraction of sp³-hybridized carbons (Fsp3) is 0.550. The van der Waals surface area contributed by atoms with E-state index in [9.17, 15) is 27.6 Å². The number of ketones is 1. The van der Waals surface area contributed by atoms with E-state index in [1.807, 2.05) is 6.92 Å². The molecule has 156 valence electrons. The van der Waals surface area contributed by atoms with E-state index in [1.54, 1.807) is 21.6 Å². The van der Waals surface area contributed by atoms with Gasteiger partial charge < -0.3 is 9.80 Å². The molecule has 2 atom stereocenters. The topological polar surface area (TPSA) is 57.7 Å². The summed E-state index contributed by atoms with van der Waals surface area (Å²) in [6, 6.07) is 0.493. The van der Waals surface area contributed by atoms with Gasteiger partial charge in [0.2, 0.25) is 11.8 Å². The Kier molecular flexibility index (Phi) is 5.13. The molecule has 4 rings (SSSR count). The summed E-state index contributed by atoms with van der Waals surface area (Å²) in [5.74, 6) is -4.43. The van der Waals surface area contributed by atoms with Crippen molar-refractivity contribution in [2.75, 3.05) is 18.8 Å². The van der Waals surface area contributed by atoms with Crippen LogP contribution in [0.1, 0.15) is 43.0 Å². The monoisotopic (exact) mass is 426 g/mol. The van der Waals surface area contributed by atoms with Gasteiger partial charge in [-0.05, 0) is 26.2 Å². The maximum Gasteiger partial charge on any atom is 0.246 e. The number of carbonyl (C=O) groups excluding carboxylic acids is 3. The van der Waals surface area contributed by atoms with E-state index in [2.05, 4.69) is 0 Å². The van der Waals surface area contributed by atoms with Crippen molar-refractivity contribution >= 4 is 29.4 Å². The Morgan fingerprint density at radius 3 is 2.38 bits per heavy atom. The van der Waals surface area contributed by atoms with Crippen molar-refractivity contribution in [3.63, 3.8) is 0 Å². The minimum atomic E-state index is -1.21. The zero-order valence-corrected chi connectivity index (χ0v) is 16.7. The molecule has 0 bridgehead atoms. The average Bonchev–Trinajstić information content (AvgIpc) is 3.16. The number of fused-ring (bicyclic) bond motifs is 1. The third-order valence-electron chi connectivity index (χ3n) is 6.16. The number of benzene rings is 1. The van der Waals surface area contributed by atoms with Gasteiger partial charge in [0.15, 0.2) is 5.78 Å². The maximum atomic E-state index is 13.9. The molecule has 29 heavy (non-hydrogen) atoms. The Bertz CT molecular complexity index is 865. The SMILES string of the molecule is CC12CCC(=O)N1C(C(=O)N1CCC(C(=O)c3c(F)cc(F)cc3F)CC1)CS2. The fourth-order valence-electron chi connectivity index (χ4n) is 4.56. The molecule has 0 aromatic heterocycles. The number of rotatable bonds is 3. The largest absolute Gasteiger partial charge is 0.341 e. The summed E-state index contributed by atoms with van der Waals surface area (Å²) in [5, 5.41) is 0. The lowest BCUT2D eigenvalue weighted by Crippen LogP contribution is -2.53. The first kappa shape index (κ1) is 20.3. The lowest BCUT2D eigenvalue weighted by molar-refractivity contribution is -0.144. The van der Waals surface area contributed by atoms with Gasteiger partial charge in [0.25, 0.3) is 0 Å². The second-order valence-electron chi connectivity index (χ2n) is 7.97. The molecule has 2 amide bonds. The minimum absolute atomic E-state index is 0.0110. The van der Waals surface area contributed by atoms with Gasteiger partial charge in [-0.3, -0.25) is 14.4 Å². The molecule has 0 spiro atoms. The van der Waals surface area contributed by atoms with Crippen LogP contribution >= 0.6 is 11.8 Å². The number of halogens is 3. The predicted octanol–water partition coefficient (Wildman–Crippen LogP) is 2.98. The zero-order valence-electron chi connectivity index (χ0n) is 15.9. The highest BCUT2D eigenvalue weighted by Crippen LogP contribution is 2.47. The molecule has 0 radical (unpaired) electrons. The van der Waals surface area contributed by atoms with E-state index < -0.39 is 40.8 Å². The summed E-state index contributed by atoms with van der Waals surface area (Å²) < 4.78 is 40.9. The Balaban J connectivity index is 1.42. The fourth-order valence-corrected chi connectivity index (χ4v) is 5.98. The molecule has 3 aliphatic heterocycles. The van der Waals surface area contributed by atoms with Crippen LogP contribution in [0, 0.1) is 23.4 Å². The lowest BCUT2D eigenvalue weighted by Gasteiger charge is -2.36. The number of thioether (sulfide) groups is 1. The molecular formula is C20H21F3N2O3S. The molecule has 1 aromatic carbocycles. The van der Waals surface area contributed by atoms with Gasteiger partial charge in [-0.1, -0.05) is 0 Å². The predicted molar refractivity (Wildman–Crippen MR) is 101 cm³/mol. The van der Waals surface area contributed by atoms with Crippen molar-refractivity contribution in [1.82, 2.24) is 9.80 Å². The highest BCUT2D eigenvalue weighted by molar-refractivity contribution is 8.01. The normalized spacial score (nSPS) is 27.4. The van der Waals surface area contributed by atoms with Crippen LogP contribution in [0.3, 0.4) is 0 Å². The van der Waals surface area contributed by atoms with E-state index >= 15 is 0 Å². The van der Waals surface area contributed by atoms with Crippen LogP contribution in [0.15, 0.2) is 12.1 Å². The van der Waals surface area contributed by atoms with Gasteiger partial charge in [0.05, 0.1) is 10.4 Å². The molecule has 5 nitrogen and oxygen atoms in total. The van der Waals surface area contributed by atoms with Crippen LogP contribution in [0.4, 0.5) is 13.2 Å². The van der Waals surface area contributed by atoms with E-state index in [0.717, 1.165) is 6.42 Å². The van der Waals surface area contributed by atoms with Crippen LogP contribution in [0.5, 0.6) is 0 Å². The molecule has 0 aliphatic carbocycles. The second-order valence-corrected chi connectivity index (χ2v) is 9.48. The number of hydrogen-bond acceptors (Lipinski definition) is 4. The van der Waals surface area contributed by atoms with E-state index in [-0.39, 0.29) is 42.6 Å². The van der Waals surface area contributed by atoms with E-state index in [0.29, 0.717) is 24.3 Å². The smallest absolute Gasteiger partial charge is 0.246 e. The number of amides is 2. The summed E-state index contributed by atoms with van der Waals surface area (Å²) in [6.45, 7) is 2.53. The third-order valence-corrected chi connectivity index (χ3v) is 7.67. The van der Waals surface area contributed by atoms with E-state index in [1.165, 1.54) is 0 Å². The van der Waals surface area contributed by atoms with Crippen molar-refractivity contribution < 1.29 is 27.6 Å². The number of likely N-dealkylation sites (tertiary alicyclic amines) is 1. The van der Waals surface area contributed by atoms with Crippen LogP contribution < -0.4 is 0 Å². The van der Waals surface area contributed by atoms with Gasteiger partial charge in [0.1, 0.15) is 23.5 Å².